The minimum Gasteiger partial charge on any atom is -0.318 e. The van der Waals surface area contributed by atoms with Crippen LogP contribution in [0, 0.1) is 6.92 Å². The molecule has 0 spiro atoms. The standard InChI is InChI=1S/C12H16ClNS/c1-9-7-10(3-4-11(9)13)15-12(5-6-12)8-14-2/h3-4,7,14H,5-6,8H2,1-2H3. The van der Waals surface area contributed by atoms with E-state index in [2.05, 4.69) is 24.4 Å². The van der Waals surface area contributed by atoms with E-state index in [4.69, 9.17) is 11.6 Å². The molecule has 1 aliphatic carbocycles. The molecule has 1 N–H and O–H groups in total. The zero-order valence-electron chi connectivity index (χ0n) is 9.14. The first-order valence-corrected chi connectivity index (χ1v) is 6.44. The minimum absolute atomic E-state index is 0.453. The van der Waals surface area contributed by atoms with E-state index < -0.39 is 0 Å². The lowest BCUT2D eigenvalue weighted by Gasteiger charge is -2.14. The SMILES string of the molecule is CNCC1(Sc2ccc(Cl)c(C)c2)CC1. The molecule has 0 bridgehead atoms. The predicted octanol–water partition coefficient (Wildman–Crippen LogP) is 3.49. The summed E-state index contributed by atoms with van der Waals surface area (Å²) in [5.41, 5.74) is 1.17. The van der Waals surface area contributed by atoms with Gasteiger partial charge in [0.05, 0.1) is 0 Å². The Balaban J connectivity index is 2.08. The van der Waals surface area contributed by atoms with Gasteiger partial charge in [0.2, 0.25) is 0 Å². The van der Waals surface area contributed by atoms with E-state index in [1.807, 2.05) is 24.9 Å². The van der Waals surface area contributed by atoms with Crippen molar-refractivity contribution in [2.45, 2.75) is 29.4 Å². The van der Waals surface area contributed by atoms with Crippen molar-refractivity contribution in [3.63, 3.8) is 0 Å². The molecule has 0 aromatic heterocycles. The number of hydrogen-bond donors (Lipinski definition) is 1. The van der Waals surface area contributed by atoms with Crippen LogP contribution in [0.2, 0.25) is 5.02 Å². The third kappa shape index (κ3) is 2.68. The summed E-state index contributed by atoms with van der Waals surface area (Å²) >= 11 is 7.99. The zero-order valence-corrected chi connectivity index (χ0v) is 10.7. The monoisotopic (exact) mass is 241 g/mol. The summed E-state index contributed by atoms with van der Waals surface area (Å²) in [7, 11) is 2.02. The molecule has 1 aromatic rings. The maximum atomic E-state index is 6.01. The van der Waals surface area contributed by atoms with Crippen molar-refractivity contribution >= 4 is 23.4 Å². The summed E-state index contributed by atoms with van der Waals surface area (Å²) in [4.78, 5) is 1.34. The second-order valence-electron chi connectivity index (χ2n) is 4.23. The highest BCUT2D eigenvalue weighted by molar-refractivity contribution is 8.01. The van der Waals surface area contributed by atoms with Crippen LogP contribution in [-0.4, -0.2) is 18.3 Å². The van der Waals surface area contributed by atoms with Crippen molar-refractivity contribution in [2.24, 2.45) is 0 Å². The Hall–Kier alpha value is -0.180. The highest BCUT2D eigenvalue weighted by Crippen LogP contribution is 2.51. The second kappa shape index (κ2) is 4.36. The van der Waals surface area contributed by atoms with Crippen molar-refractivity contribution in [1.82, 2.24) is 5.32 Å². The molecule has 0 unspecified atom stereocenters. The molecule has 0 amide bonds. The van der Waals surface area contributed by atoms with Gasteiger partial charge in [0, 0.05) is 21.2 Å². The summed E-state index contributed by atoms with van der Waals surface area (Å²) in [5.74, 6) is 0. The molecule has 0 saturated heterocycles. The average molecular weight is 242 g/mol. The van der Waals surface area contributed by atoms with E-state index in [1.54, 1.807) is 0 Å². The Kier molecular flexibility index (Phi) is 3.29. The first-order chi connectivity index (χ1) is 7.15. The quantitative estimate of drug-likeness (QED) is 0.866. The molecule has 0 radical (unpaired) electrons. The van der Waals surface area contributed by atoms with Gasteiger partial charge < -0.3 is 5.32 Å². The van der Waals surface area contributed by atoms with Gasteiger partial charge in [0.1, 0.15) is 0 Å². The van der Waals surface area contributed by atoms with E-state index in [9.17, 15) is 0 Å². The molecule has 2 rings (SSSR count). The first kappa shape index (κ1) is 11.3. The normalized spacial score (nSPS) is 17.8. The van der Waals surface area contributed by atoms with Crippen LogP contribution in [0.25, 0.3) is 0 Å². The maximum absolute atomic E-state index is 6.01. The van der Waals surface area contributed by atoms with E-state index in [0.29, 0.717) is 4.75 Å². The molecule has 1 saturated carbocycles. The number of nitrogens with one attached hydrogen (secondary N) is 1. The highest BCUT2D eigenvalue weighted by Gasteiger charge is 2.42. The Morgan fingerprint density at radius 2 is 2.20 bits per heavy atom. The first-order valence-electron chi connectivity index (χ1n) is 5.25. The number of hydrogen-bond acceptors (Lipinski definition) is 2. The van der Waals surface area contributed by atoms with Crippen LogP contribution in [0.15, 0.2) is 23.1 Å². The summed E-state index contributed by atoms with van der Waals surface area (Å²) in [6.07, 6.45) is 2.64. The fourth-order valence-corrected chi connectivity index (χ4v) is 3.22. The van der Waals surface area contributed by atoms with E-state index in [0.717, 1.165) is 11.6 Å². The number of benzene rings is 1. The minimum atomic E-state index is 0.453. The van der Waals surface area contributed by atoms with Gasteiger partial charge in [0.15, 0.2) is 0 Å². The molecular weight excluding hydrogens is 226 g/mol. The predicted molar refractivity (Wildman–Crippen MR) is 67.9 cm³/mol. The lowest BCUT2D eigenvalue weighted by molar-refractivity contribution is 0.752. The Bertz CT molecular complexity index is 361. The smallest absolute Gasteiger partial charge is 0.0435 e. The molecule has 1 fully saturated rings. The van der Waals surface area contributed by atoms with Gasteiger partial charge in [-0.2, -0.15) is 0 Å². The van der Waals surface area contributed by atoms with Gasteiger partial charge in [-0.1, -0.05) is 11.6 Å². The molecular formula is C12H16ClNS. The molecule has 1 aliphatic rings. The highest BCUT2D eigenvalue weighted by atomic mass is 35.5. The van der Waals surface area contributed by atoms with Crippen LogP contribution in [0.5, 0.6) is 0 Å². The second-order valence-corrected chi connectivity index (χ2v) is 6.18. The van der Waals surface area contributed by atoms with Gasteiger partial charge >= 0.3 is 0 Å². The molecule has 0 aliphatic heterocycles. The lowest BCUT2D eigenvalue weighted by atomic mass is 10.2. The number of halogens is 1. The molecule has 1 aromatic carbocycles. The topological polar surface area (TPSA) is 12.0 Å². The molecule has 1 nitrogen and oxygen atoms in total. The number of aryl methyl sites for hydroxylation is 1. The maximum Gasteiger partial charge on any atom is 0.0435 e. The van der Waals surface area contributed by atoms with E-state index in [1.165, 1.54) is 23.3 Å². The van der Waals surface area contributed by atoms with Crippen molar-refractivity contribution in [3.8, 4) is 0 Å². The summed E-state index contributed by atoms with van der Waals surface area (Å²) in [6, 6.07) is 6.30. The van der Waals surface area contributed by atoms with Gasteiger partial charge in [-0.25, -0.2) is 0 Å². The van der Waals surface area contributed by atoms with Crippen LogP contribution in [0.4, 0.5) is 0 Å². The molecule has 82 valence electrons. The third-order valence-corrected chi connectivity index (χ3v) is 4.67. The Morgan fingerprint density at radius 1 is 1.47 bits per heavy atom. The van der Waals surface area contributed by atoms with Crippen LogP contribution >= 0.6 is 23.4 Å². The van der Waals surface area contributed by atoms with Crippen molar-refractivity contribution in [1.29, 1.82) is 0 Å². The molecule has 0 atom stereocenters. The van der Waals surface area contributed by atoms with Crippen molar-refractivity contribution in [3.05, 3.63) is 28.8 Å². The summed E-state index contributed by atoms with van der Waals surface area (Å²) in [5, 5.41) is 4.13. The largest absolute Gasteiger partial charge is 0.318 e. The lowest BCUT2D eigenvalue weighted by Crippen LogP contribution is -2.22. The molecule has 0 heterocycles. The Morgan fingerprint density at radius 3 is 2.73 bits per heavy atom. The zero-order chi connectivity index (χ0) is 10.9. The van der Waals surface area contributed by atoms with Crippen molar-refractivity contribution < 1.29 is 0 Å². The average Bonchev–Trinajstić information content (AvgIpc) is 2.92. The van der Waals surface area contributed by atoms with Gasteiger partial charge in [-0.15, -0.1) is 11.8 Å². The van der Waals surface area contributed by atoms with Crippen LogP contribution < -0.4 is 5.32 Å². The molecule has 15 heavy (non-hydrogen) atoms. The fraction of sp³-hybridized carbons (Fsp3) is 0.500. The van der Waals surface area contributed by atoms with Crippen LogP contribution in [0.1, 0.15) is 18.4 Å². The number of rotatable bonds is 4. The van der Waals surface area contributed by atoms with Gasteiger partial charge in [-0.05, 0) is 50.6 Å². The number of thioether (sulfide) groups is 1. The summed E-state index contributed by atoms with van der Waals surface area (Å²) < 4.78 is 0.453. The van der Waals surface area contributed by atoms with Crippen LogP contribution in [-0.2, 0) is 0 Å². The van der Waals surface area contributed by atoms with Gasteiger partial charge in [0.25, 0.3) is 0 Å². The van der Waals surface area contributed by atoms with E-state index in [-0.39, 0.29) is 0 Å². The summed E-state index contributed by atoms with van der Waals surface area (Å²) in [6.45, 7) is 3.16. The third-order valence-electron chi connectivity index (χ3n) is 2.77. The Labute approximate surface area is 101 Å². The van der Waals surface area contributed by atoms with E-state index >= 15 is 0 Å². The fourth-order valence-electron chi connectivity index (χ4n) is 1.71. The van der Waals surface area contributed by atoms with Gasteiger partial charge in [-0.3, -0.25) is 0 Å². The van der Waals surface area contributed by atoms with Crippen LogP contribution in [0.3, 0.4) is 0 Å². The molecule has 3 heteroatoms. The van der Waals surface area contributed by atoms with Crippen molar-refractivity contribution in [2.75, 3.05) is 13.6 Å².